The first-order chi connectivity index (χ1) is 10.8. The summed E-state index contributed by atoms with van der Waals surface area (Å²) >= 11 is 0. The first kappa shape index (κ1) is 15.3. The molecule has 0 fully saturated rings. The van der Waals surface area contributed by atoms with Crippen LogP contribution >= 0.6 is 0 Å². The van der Waals surface area contributed by atoms with Gasteiger partial charge in [0.25, 0.3) is 5.91 Å². The van der Waals surface area contributed by atoms with Gasteiger partial charge in [-0.2, -0.15) is 0 Å². The van der Waals surface area contributed by atoms with Crippen molar-refractivity contribution in [2.75, 3.05) is 5.32 Å². The third-order valence-electron chi connectivity index (χ3n) is 4.18. The number of aromatic nitrogens is 1. The Morgan fingerprint density at radius 2 is 2.04 bits per heavy atom. The highest BCUT2D eigenvalue weighted by Gasteiger charge is 2.35. The van der Waals surface area contributed by atoms with Crippen molar-refractivity contribution in [1.82, 2.24) is 4.98 Å². The zero-order chi connectivity index (χ0) is 16.8. The number of benzene rings is 1. The van der Waals surface area contributed by atoms with E-state index in [9.17, 15) is 14.7 Å². The molecule has 0 aliphatic heterocycles. The van der Waals surface area contributed by atoms with Crippen LogP contribution in [0.15, 0.2) is 24.4 Å². The minimum absolute atomic E-state index is 0.00946. The molecule has 0 bridgehead atoms. The van der Waals surface area contributed by atoms with Crippen molar-refractivity contribution in [2.45, 2.75) is 33.6 Å². The number of aromatic hydroxyl groups is 1. The van der Waals surface area contributed by atoms with Crippen LogP contribution in [-0.4, -0.2) is 21.8 Å². The smallest absolute Gasteiger partial charge is 0.258 e. The first-order valence-electron chi connectivity index (χ1n) is 7.61. The number of phenolic OH excluding ortho intramolecular Hbond substituents is 1. The van der Waals surface area contributed by atoms with Crippen LogP contribution < -0.4 is 5.32 Å². The molecule has 5 nitrogen and oxygen atoms in total. The second-order valence-corrected chi connectivity index (χ2v) is 6.97. The first-order valence-corrected chi connectivity index (χ1v) is 7.61. The summed E-state index contributed by atoms with van der Waals surface area (Å²) in [7, 11) is 0. The summed E-state index contributed by atoms with van der Waals surface area (Å²) in [4.78, 5) is 28.0. The van der Waals surface area contributed by atoms with Crippen molar-refractivity contribution in [3.8, 4) is 5.75 Å². The van der Waals surface area contributed by atoms with Crippen LogP contribution in [0.5, 0.6) is 5.75 Å². The molecule has 5 heteroatoms. The molecular formula is C18H20N2O3. The topological polar surface area (TPSA) is 82.2 Å². The molecule has 1 aliphatic rings. The fourth-order valence-electron chi connectivity index (χ4n) is 3.10. The summed E-state index contributed by atoms with van der Waals surface area (Å²) in [6.45, 7) is 5.94. The molecule has 1 amide bonds. The number of H-pyrrole nitrogens is 1. The van der Waals surface area contributed by atoms with Gasteiger partial charge in [0.15, 0.2) is 5.78 Å². The van der Waals surface area contributed by atoms with Gasteiger partial charge in [-0.25, -0.2) is 0 Å². The number of carbonyl (C=O) groups excluding carboxylic acids is 2. The van der Waals surface area contributed by atoms with Crippen LogP contribution in [0.25, 0.3) is 0 Å². The zero-order valence-electron chi connectivity index (χ0n) is 13.5. The van der Waals surface area contributed by atoms with E-state index >= 15 is 0 Å². The Morgan fingerprint density at radius 1 is 1.30 bits per heavy atom. The van der Waals surface area contributed by atoms with Crippen LogP contribution in [0, 0.1) is 12.3 Å². The Balaban J connectivity index is 1.90. The number of aryl methyl sites for hydroxylation is 1. The van der Waals surface area contributed by atoms with Gasteiger partial charge in [0.1, 0.15) is 5.75 Å². The van der Waals surface area contributed by atoms with Crippen molar-refractivity contribution in [3.63, 3.8) is 0 Å². The lowest BCUT2D eigenvalue weighted by Gasteiger charge is -2.28. The molecule has 3 rings (SSSR count). The molecule has 1 aromatic heterocycles. The van der Waals surface area contributed by atoms with Crippen LogP contribution in [0.2, 0.25) is 0 Å². The second-order valence-electron chi connectivity index (χ2n) is 6.97. The van der Waals surface area contributed by atoms with Gasteiger partial charge < -0.3 is 15.4 Å². The summed E-state index contributed by atoms with van der Waals surface area (Å²) in [6, 6.07) is 5.03. The van der Waals surface area contributed by atoms with Crippen LogP contribution in [-0.2, 0) is 6.42 Å². The Labute approximate surface area is 134 Å². The number of amides is 1. The molecule has 2 aromatic rings. The minimum Gasteiger partial charge on any atom is -0.506 e. The van der Waals surface area contributed by atoms with E-state index in [1.165, 1.54) is 0 Å². The summed E-state index contributed by atoms with van der Waals surface area (Å²) < 4.78 is 0. The fraction of sp³-hybridized carbons (Fsp3) is 0.333. The molecule has 0 unspecified atom stereocenters. The van der Waals surface area contributed by atoms with Gasteiger partial charge in [0.05, 0.1) is 16.8 Å². The highest BCUT2D eigenvalue weighted by atomic mass is 16.3. The molecule has 1 heterocycles. The van der Waals surface area contributed by atoms with Gasteiger partial charge in [0, 0.05) is 18.3 Å². The van der Waals surface area contributed by atoms with Crippen molar-refractivity contribution in [2.24, 2.45) is 5.41 Å². The summed E-state index contributed by atoms with van der Waals surface area (Å²) in [5.41, 5.74) is 2.76. The van der Waals surface area contributed by atoms with Gasteiger partial charge in [-0.05, 0) is 36.5 Å². The Hall–Kier alpha value is -2.56. The lowest BCUT2D eigenvalue weighted by Crippen LogP contribution is -2.28. The van der Waals surface area contributed by atoms with Crippen molar-refractivity contribution in [1.29, 1.82) is 0 Å². The molecule has 23 heavy (non-hydrogen) atoms. The number of anilines is 1. The lowest BCUT2D eigenvalue weighted by atomic mass is 9.75. The number of phenols is 1. The van der Waals surface area contributed by atoms with E-state index in [2.05, 4.69) is 10.3 Å². The van der Waals surface area contributed by atoms with Gasteiger partial charge in [0.2, 0.25) is 0 Å². The summed E-state index contributed by atoms with van der Waals surface area (Å²) in [6.07, 6.45) is 2.73. The highest BCUT2D eigenvalue weighted by molar-refractivity contribution is 6.14. The molecule has 120 valence electrons. The molecule has 0 radical (unpaired) electrons. The number of ketones is 1. The zero-order valence-corrected chi connectivity index (χ0v) is 13.5. The minimum atomic E-state index is -0.394. The SMILES string of the molecule is Cc1ccc(NC(=O)c2c[nH]c3c2C(=O)CC(C)(C)C3)c(O)c1. The molecule has 0 spiro atoms. The number of aromatic amines is 1. The predicted octanol–water partition coefficient (Wildman–Crippen LogP) is 3.44. The van der Waals surface area contributed by atoms with Gasteiger partial charge in [-0.1, -0.05) is 19.9 Å². The molecule has 0 saturated carbocycles. The number of nitrogens with one attached hydrogen (secondary N) is 2. The normalized spacial score (nSPS) is 16.0. The maximum Gasteiger partial charge on any atom is 0.258 e. The maximum absolute atomic E-state index is 12.5. The monoisotopic (exact) mass is 312 g/mol. The van der Waals surface area contributed by atoms with E-state index in [1.807, 2.05) is 20.8 Å². The van der Waals surface area contributed by atoms with E-state index in [0.717, 1.165) is 17.7 Å². The Bertz CT molecular complexity index is 803. The summed E-state index contributed by atoms with van der Waals surface area (Å²) in [5.74, 6) is -0.402. The average Bonchev–Trinajstić information content (AvgIpc) is 2.84. The molecule has 0 saturated heterocycles. The van der Waals surface area contributed by atoms with E-state index in [1.54, 1.807) is 24.4 Å². The largest absolute Gasteiger partial charge is 0.506 e. The van der Waals surface area contributed by atoms with E-state index in [0.29, 0.717) is 23.2 Å². The summed E-state index contributed by atoms with van der Waals surface area (Å²) in [5, 5.41) is 12.6. The number of carbonyl (C=O) groups is 2. The average molecular weight is 312 g/mol. The Kier molecular flexibility index (Phi) is 3.51. The van der Waals surface area contributed by atoms with Gasteiger partial charge in [-0.15, -0.1) is 0 Å². The quantitative estimate of drug-likeness (QED) is 0.743. The number of rotatable bonds is 2. The maximum atomic E-state index is 12.5. The fourth-order valence-corrected chi connectivity index (χ4v) is 3.10. The van der Waals surface area contributed by atoms with Crippen LogP contribution in [0.4, 0.5) is 5.69 Å². The van der Waals surface area contributed by atoms with Crippen molar-refractivity contribution >= 4 is 17.4 Å². The lowest BCUT2D eigenvalue weighted by molar-refractivity contribution is 0.0902. The van der Waals surface area contributed by atoms with E-state index in [-0.39, 0.29) is 16.9 Å². The van der Waals surface area contributed by atoms with Crippen LogP contribution in [0.3, 0.4) is 0 Å². The predicted molar refractivity (Wildman–Crippen MR) is 88.0 cm³/mol. The Morgan fingerprint density at radius 3 is 2.74 bits per heavy atom. The van der Waals surface area contributed by atoms with E-state index in [4.69, 9.17) is 0 Å². The van der Waals surface area contributed by atoms with E-state index < -0.39 is 5.91 Å². The number of hydrogen-bond donors (Lipinski definition) is 3. The molecule has 1 aromatic carbocycles. The van der Waals surface area contributed by atoms with Crippen molar-refractivity contribution in [3.05, 3.63) is 46.8 Å². The number of fused-ring (bicyclic) bond motifs is 1. The number of Topliss-reactive ketones (excluding diaryl/α,β-unsaturated/α-hetero) is 1. The molecular weight excluding hydrogens is 292 g/mol. The van der Waals surface area contributed by atoms with Crippen LogP contribution in [0.1, 0.15) is 52.2 Å². The molecule has 0 atom stereocenters. The van der Waals surface area contributed by atoms with Gasteiger partial charge >= 0.3 is 0 Å². The number of hydrogen-bond acceptors (Lipinski definition) is 3. The second kappa shape index (κ2) is 5.26. The highest BCUT2D eigenvalue weighted by Crippen LogP contribution is 2.36. The van der Waals surface area contributed by atoms with Gasteiger partial charge in [-0.3, -0.25) is 9.59 Å². The molecule has 1 aliphatic carbocycles. The van der Waals surface area contributed by atoms with Crippen molar-refractivity contribution < 1.29 is 14.7 Å². The third-order valence-corrected chi connectivity index (χ3v) is 4.18. The standard InChI is InChI=1S/C18H20N2O3/c1-10-4-5-12(14(21)6-10)20-17(23)11-9-19-13-7-18(2,3)8-15(22)16(11)13/h4-6,9,19,21H,7-8H2,1-3H3,(H,20,23). The third kappa shape index (κ3) is 2.86. The molecule has 3 N–H and O–H groups in total.